The number of aromatic nitrogens is 4. The van der Waals surface area contributed by atoms with Crippen LogP contribution in [0.25, 0.3) is 0 Å². The van der Waals surface area contributed by atoms with Crippen LogP contribution in [0, 0.1) is 0 Å². The summed E-state index contributed by atoms with van der Waals surface area (Å²) in [7, 11) is 0. The van der Waals surface area contributed by atoms with Gasteiger partial charge in [-0.15, -0.1) is 5.10 Å². The van der Waals surface area contributed by atoms with E-state index in [1.54, 1.807) is 30.4 Å². The van der Waals surface area contributed by atoms with Gasteiger partial charge in [-0.1, -0.05) is 0 Å². The lowest BCUT2D eigenvalue weighted by atomic mass is 10.3. The highest BCUT2D eigenvalue weighted by atomic mass is 16.6. The molecule has 0 unspecified atom stereocenters. The fourth-order valence-corrected chi connectivity index (χ4v) is 2.51. The fraction of sp³-hybridized carbons (Fsp3) is 0.438. The van der Waals surface area contributed by atoms with Gasteiger partial charge in [-0.3, -0.25) is 4.98 Å². The zero-order valence-corrected chi connectivity index (χ0v) is 14.1. The molecule has 3 rings (SSSR count). The number of amides is 1. The number of pyridine rings is 1. The third kappa shape index (κ3) is 4.52. The van der Waals surface area contributed by atoms with Crippen LogP contribution in [0.4, 0.5) is 16.6 Å². The number of anilines is 2. The Morgan fingerprint density at radius 2 is 2.00 bits per heavy atom. The summed E-state index contributed by atoms with van der Waals surface area (Å²) in [6, 6.07) is 3.88. The number of nitrogens with one attached hydrogen (secondary N) is 1. The number of hydrogen-bond donors (Lipinski definition) is 1. The lowest BCUT2D eigenvalue weighted by Crippen LogP contribution is -2.49. The van der Waals surface area contributed by atoms with Crippen LogP contribution in [0.2, 0.25) is 0 Å². The van der Waals surface area contributed by atoms with E-state index >= 15 is 0 Å². The Kier molecular flexibility index (Phi) is 5.55. The Bertz CT molecular complexity index is 690. The first-order chi connectivity index (χ1) is 12.3. The van der Waals surface area contributed by atoms with E-state index in [1.165, 1.54) is 0 Å². The monoisotopic (exact) mass is 343 g/mol. The average Bonchev–Trinajstić information content (AvgIpc) is 2.68. The molecular formula is C16H21N7O2. The SMILES string of the molecule is CCOC(=O)N1CCN(c2nncc(NCc3ccncc3)n2)CC1. The van der Waals surface area contributed by atoms with Crippen LogP contribution in [-0.2, 0) is 11.3 Å². The molecular weight excluding hydrogens is 322 g/mol. The summed E-state index contributed by atoms with van der Waals surface area (Å²) in [4.78, 5) is 24.0. The van der Waals surface area contributed by atoms with E-state index in [-0.39, 0.29) is 6.09 Å². The molecule has 0 saturated carbocycles. The van der Waals surface area contributed by atoms with Gasteiger partial charge in [0.05, 0.1) is 12.8 Å². The van der Waals surface area contributed by atoms with E-state index in [2.05, 4.69) is 25.5 Å². The van der Waals surface area contributed by atoms with Gasteiger partial charge in [0.25, 0.3) is 0 Å². The molecule has 2 aromatic heterocycles. The van der Waals surface area contributed by atoms with Crippen molar-refractivity contribution in [3.63, 3.8) is 0 Å². The van der Waals surface area contributed by atoms with Crippen molar-refractivity contribution < 1.29 is 9.53 Å². The van der Waals surface area contributed by atoms with Gasteiger partial charge in [-0.25, -0.2) is 4.79 Å². The van der Waals surface area contributed by atoms with Gasteiger partial charge in [0, 0.05) is 45.1 Å². The van der Waals surface area contributed by atoms with Crippen molar-refractivity contribution in [1.82, 2.24) is 25.1 Å². The van der Waals surface area contributed by atoms with Gasteiger partial charge in [0.15, 0.2) is 5.82 Å². The number of piperazine rings is 1. The zero-order valence-electron chi connectivity index (χ0n) is 14.1. The molecule has 132 valence electrons. The van der Waals surface area contributed by atoms with Gasteiger partial charge in [0.1, 0.15) is 0 Å². The Morgan fingerprint density at radius 3 is 2.72 bits per heavy atom. The number of ether oxygens (including phenoxy) is 1. The predicted molar refractivity (Wildman–Crippen MR) is 92.2 cm³/mol. The molecule has 1 fully saturated rings. The molecule has 0 bridgehead atoms. The van der Waals surface area contributed by atoms with E-state index in [9.17, 15) is 4.79 Å². The van der Waals surface area contributed by atoms with Gasteiger partial charge in [-0.05, 0) is 24.6 Å². The van der Waals surface area contributed by atoms with Crippen LogP contribution in [0.15, 0.2) is 30.7 Å². The second-order valence-electron chi connectivity index (χ2n) is 5.52. The van der Waals surface area contributed by atoms with Gasteiger partial charge in [-0.2, -0.15) is 10.1 Å². The first-order valence-corrected chi connectivity index (χ1v) is 8.25. The van der Waals surface area contributed by atoms with E-state index in [1.807, 2.05) is 17.0 Å². The predicted octanol–water partition coefficient (Wildman–Crippen LogP) is 1.16. The van der Waals surface area contributed by atoms with Crippen LogP contribution in [0.1, 0.15) is 12.5 Å². The van der Waals surface area contributed by atoms with E-state index in [0.29, 0.717) is 51.1 Å². The smallest absolute Gasteiger partial charge is 0.409 e. The van der Waals surface area contributed by atoms with Crippen LogP contribution in [-0.4, -0.2) is 63.9 Å². The van der Waals surface area contributed by atoms with Crippen molar-refractivity contribution in [1.29, 1.82) is 0 Å². The molecule has 25 heavy (non-hydrogen) atoms. The third-order valence-electron chi connectivity index (χ3n) is 3.86. The molecule has 0 atom stereocenters. The number of carbonyl (C=O) groups excluding carboxylic acids is 1. The van der Waals surface area contributed by atoms with Gasteiger partial charge < -0.3 is 19.9 Å². The summed E-state index contributed by atoms with van der Waals surface area (Å²) in [5.74, 6) is 1.22. The number of rotatable bonds is 5. The van der Waals surface area contributed by atoms with Crippen molar-refractivity contribution in [3.05, 3.63) is 36.3 Å². The summed E-state index contributed by atoms with van der Waals surface area (Å²) in [6.45, 7) is 5.28. The summed E-state index contributed by atoms with van der Waals surface area (Å²) in [6.07, 6.45) is 4.83. The number of nitrogens with zero attached hydrogens (tertiary/aromatic N) is 6. The normalized spacial score (nSPS) is 14.3. The molecule has 0 aromatic carbocycles. The Morgan fingerprint density at radius 1 is 1.24 bits per heavy atom. The lowest BCUT2D eigenvalue weighted by molar-refractivity contribution is 0.105. The molecule has 9 nitrogen and oxygen atoms in total. The molecule has 0 spiro atoms. The summed E-state index contributed by atoms with van der Waals surface area (Å²) in [5, 5.41) is 11.4. The molecule has 3 heterocycles. The topological polar surface area (TPSA) is 96.4 Å². The molecule has 1 saturated heterocycles. The molecule has 1 N–H and O–H groups in total. The Labute approximate surface area is 146 Å². The summed E-state index contributed by atoms with van der Waals surface area (Å²) >= 11 is 0. The Hall–Kier alpha value is -2.97. The summed E-state index contributed by atoms with van der Waals surface area (Å²) in [5.41, 5.74) is 1.11. The minimum atomic E-state index is -0.269. The van der Waals surface area contributed by atoms with E-state index in [0.717, 1.165) is 5.56 Å². The summed E-state index contributed by atoms with van der Waals surface area (Å²) < 4.78 is 5.03. The van der Waals surface area contributed by atoms with Crippen LogP contribution >= 0.6 is 0 Å². The highest BCUT2D eigenvalue weighted by Crippen LogP contribution is 2.13. The number of carbonyl (C=O) groups is 1. The van der Waals surface area contributed by atoms with Crippen LogP contribution in [0.5, 0.6) is 0 Å². The molecule has 0 aliphatic carbocycles. The lowest BCUT2D eigenvalue weighted by Gasteiger charge is -2.33. The Balaban J connectivity index is 1.56. The van der Waals surface area contributed by atoms with E-state index < -0.39 is 0 Å². The maximum Gasteiger partial charge on any atom is 0.409 e. The van der Waals surface area contributed by atoms with Gasteiger partial charge in [0.2, 0.25) is 5.95 Å². The van der Waals surface area contributed by atoms with E-state index in [4.69, 9.17) is 4.74 Å². The third-order valence-corrected chi connectivity index (χ3v) is 3.86. The van der Waals surface area contributed by atoms with Crippen LogP contribution in [0.3, 0.4) is 0 Å². The maximum absolute atomic E-state index is 11.7. The maximum atomic E-state index is 11.7. The molecule has 9 heteroatoms. The standard InChI is InChI=1S/C16H21N7O2/c1-2-25-16(24)23-9-7-22(8-10-23)15-20-14(12-19-21-15)18-11-13-3-5-17-6-4-13/h3-6,12H,2,7-11H2,1H3,(H,18,20,21). The molecule has 1 aliphatic rings. The van der Waals surface area contributed by atoms with Crippen molar-refractivity contribution in [3.8, 4) is 0 Å². The molecule has 1 amide bonds. The largest absolute Gasteiger partial charge is 0.450 e. The quantitative estimate of drug-likeness (QED) is 0.864. The average molecular weight is 343 g/mol. The molecule has 1 aliphatic heterocycles. The van der Waals surface area contributed by atoms with Crippen molar-refractivity contribution in [2.24, 2.45) is 0 Å². The van der Waals surface area contributed by atoms with Crippen molar-refractivity contribution >= 4 is 17.9 Å². The van der Waals surface area contributed by atoms with Crippen molar-refractivity contribution in [2.45, 2.75) is 13.5 Å². The number of hydrogen-bond acceptors (Lipinski definition) is 8. The van der Waals surface area contributed by atoms with Crippen molar-refractivity contribution in [2.75, 3.05) is 43.0 Å². The van der Waals surface area contributed by atoms with Crippen LogP contribution < -0.4 is 10.2 Å². The second-order valence-corrected chi connectivity index (χ2v) is 5.52. The first kappa shape index (κ1) is 16.9. The highest BCUT2D eigenvalue weighted by molar-refractivity contribution is 5.68. The highest BCUT2D eigenvalue weighted by Gasteiger charge is 2.23. The zero-order chi connectivity index (χ0) is 17.5. The fourth-order valence-electron chi connectivity index (χ4n) is 2.51. The minimum absolute atomic E-state index is 0.269. The minimum Gasteiger partial charge on any atom is -0.450 e. The van der Waals surface area contributed by atoms with Gasteiger partial charge >= 0.3 is 6.09 Å². The molecule has 0 radical (unpaired) electrons. The molecule has 2 aromatic rings. The second kappa shape index (κ2) is 8.22. The first-order valence-electron chi connectivity index (χ1n) is 8.25.